The van der Waals surface area contributed by atoms with Crippen molar-refractivity contribution < 1.29 is 28.9 Å². The number of nitrogens with zero attached hydrogens (tertiary/aromatic N) is 3. The number of esters is 2. The van der Waals surface area contributed by atoms with Gasteiger partial charge < -0.3 is 19.3 Å². The van der Waals surface area contributed by atoms with Gasteiger partial charge in [0, 0.05) is 18.8 Å². The van der Waals surface area contributed by atoms with E-state index in [1.54, 1.807) is 0 Å². The quantitative estimate of drug-likeness (QED) is 0.185. The van der Waals surface area contributed by atoms with E-state index in [1.165, 1.54) is 13.8 Å². The van der Waals surface area contributed by atoms with Gasteiger partial charge in [-0.2, -0.15) is 0 Å². The molecule has 1 heterocycles. The van der Waals surface area contributed by atoms with Gasteiger partial charge in [-0.15, -0.1) is 0 Å². The Balaban J connectivity index is 2.95. The second-order valence-corrected chi connectivity index (χ2v) is 5.52. The van der Waals surface area contributed by atoms with Crippen molar-refractivity contribution in [1.29, 1.82) is 0 Å². The van der Waals surface area contributed by atoms with Crippen LogP contribution in [0.5, 0.6) is 0 Å². The van der Waals surface area contributed by atoms with Crippen molar-refractivity contribution >= 4 is 34.5 Å². The van der Waals surface area contributed by atoms with Crippen LogP contribution < -0.4 is 0 Å². The van der Waals surface area contributed by atoms with Gasteiger partial charge in [0.2, 0.25) is 0 Å². The summed E-state index contributed by atoms with van der Waals surface area (Å²) in [5.74, 6) is -1.13. The highest BCUT2D eigenvalue weighted by Gasteiger charge is 2.46. The minimum absolute atomic E-state index is 0.217. The van der Waals surface area contributed by atoms with Crippen LogP contribution in [0.3, 0.4) is 0 Å². The third kappa shape index (κ3) is 4.47. The fraction of sp³-hybridized carbons (Fsp3) is 0.800. The Morgan fingerprint density at radius 3 is 2.60 bits per heavy atom. The molecule has 1 saturated heterocycles. The Morgan fingerprint density at radius 1 is 1.45 bits per heavy atom. The average Bonchev–Trinajstić information content (AvgIpc) is 2.35. The number of hydrogen-bond acceptors (Lipinski definition) is 7. The van der Waals surface area contributed by atoms with Crippen LogP contribution in [0.25, 0.3) is 10.4 Å². The van der Waals surface area contributed by atoms with E-state index in [0.29, 0.717) is 0 Å². The average molecular weight is 399 g/mol. The van der Waals surface area contributed by atoms with E-state index in [0.717, 1.165) is 0 Å². The maximum Gasteiger partial charge on any atom is 0.303 e. The van der Waals surface area contributed by atoms with Gasteiger partial charge in [0.25, 0.3) is 0 Å². The molecule has 0 spiro atoms. The van der Waals surface area contributed by atoms with E-state index in [2.05, 4.69) is 10.0 Å². The lowest BCUT2D eigenvalue weighted by Gasteiger charge is -2.40. The molecule has 20 heavy (non-hydrogen) atoms. The fourth-order valence-electron chi connectivity index (χ4n) is 1.76. The number of carbonyl (C=O) groups excluding carboxylic acids is 2. The van der Waals surface area contributed by atoms with Crippen molar-refractivity contribution in [3.05, 3.63) is 10.4 Å². The smallest absolute Gasteiger partial charge is 0.303 e. The molecule has 0 aromatic heterocycles. The molecule has 0 amide bonds. The molecule has 0 aromatic rings. The van der Waals surface area contributed by atoms with Crippen molar-refractivity contribution in [2.24, 2.45) is 5.11 Å². The van der Waals surface area contributed by atoms with E-state index in [-0.39, 0.29) is 6.61 Å². The van der Waals surface area contributed by atoms with E-state index in [1.807, 2.05) is 22.6 Å². The number of carbonyl (C=O) groups is 2. The van der Waals surface area contributed by atoms with Crippen LogP contribution in [0.1, 0.15) is 13.8 Å². The second kappa shape index (κ2) is 7.62. The molecule has 0 saturated carbocycles. The molecular weight excluding hydrogens is 385 g/mol. The standard InChI is InChI=1S/C10H14IN3O6/c1-4(15)18-3-6-9(19-5(2)16)8(13-14-12)7(11)10(17)20-6/h6-10,17H,3H2,1-2H3/t6-,7?,8?,9-,10?/m1/s1. The van der Waals surface area contributed by atoms with E-state index in [9.17, 15) is 14.7 Å². The van der Waals surface area contributed by atoms with Crippen LogP contribution in [0.2, 0.25) is 0 Å². The van der Waals surface area contributed by atoms with Gasteiger partial charge in [-0.25, -0.2) is 0 Å². The van der Waals surface area contributed by atoms with E-state index < -0.39 is 40.4 Å². The Kier molecular flexibility index (Phi) is 6.46. The summed E-state index contributed by atoms with van der Waals surface area (Å²) in [6.45, 7) is 2.19. The van der Waals surface area contributed by atoms with E-state index >= 15 is 0 Å². The van der Waals surface area contributed by atoms with Gasteiger partial charge in [0.15, 0.2) is 6.29 Å². The van der Waals surface area contributed by atoms with Crippen LogP contribution in [0, 0.1) is 0 Å². The highest BCUT2D eigenvalue weighted by atomic mass is 127. The molecule has 0 aliphatic carbocycles. The normalized spacial score (nSPS) is 32.9. The van der Waals surface area contributed by atoms with Gasteiger partial charge in [-0.3, -0.25) is 9.59 Å². The number of rotatable bonds is 4. The minimum Gasteiger partial charge on any atom is -0.463 e. The van der Waals surface area contributed by atoms with Crippen LogP contribution in [-0.2, 0) is 23.8 Å². The zero-order chi connectivity index (χ0) is 15.3. The molecule has 9 nitrogen and oxygen atoms in total. The monoisotopic (exact) mass is 399 g/mol. The topological polar surface area (TPSA) is 131 Å². The number of aliphatic hydroxyl groups is 1. The summed E-state index contributed by atoms with van der Waals surface area (Å²) in [5.41, 5.74) is 8.59. The molecule has 3 unspecified atom stereocenters. The molecular formula is C10H14IN3O6. The maximum absolute atomic E-state index is 11.1. The van der Waals surface area contributed by atoms with Crippen LogP contribution in [0.15, 0.2) is 5.11 Å². The van der Waals surface area contributed by atoms with Gasteiger partial charge in [-0.05, 0) is 5.53 Å². The highest BCUT2D eigenvalue weighted by molar-refractivity contribution is 14.1. The van der Waals surface area contributed by atoms with Crippen molar-refractivity contribution in [3.63, 3.8) is 0 Å². The Morgan fingerprint density at radius 2 is 2.10 bits per heavy atom. The van der Waals surface area contributed by atoms with Crippen molar-refractivity contribution in [2.45, 2.75) is 42.3 Å². The predicted octanol–water partition coefficient (Wildman–Crippen LogP) is 0.681. The molecule has 1 aliphatic heterocycles. The molecule has 1 N–H and O–H groups in total. The number of alkyl halides is 1. The SMILES string of the molecule is CC(=O)OC[C@H]1OC(O)C(I)C(N=[N+]=[N-])[C@@H]1OC(C)=O. The summed E-state index contributed by atoms with van der Waals surface area (Å²) >= 11 is 1.84. The first-order valence-electron chi connectivity index (χ1n) is 5.69. The molecule has 5 atom stereocenters. The molecule has 1 aliphatic rings. The van der Waals surface area contributed by atoms with Crippen molar-refractivity contribution in [3.8, 4) is 0 Å². The lowest BCUT2D eigenvalue weighted by Crippen LogP contribution is -2.57. The van der Waals surface area contributed by atoms with Crippen molar-refractivity contribution in [1.82, 2.24) is 0 Å². The first-order valence-corrected chi connectivity index (χ1v) is 6.93. The first-order chi connectivity index (χ1) is 9.36. The fourth-order valence-corrected chi connectivity index (χ4v) is 2.48. The summed E-state index contributed by atoms with van der Waals surface area (Å²) in [4.78, 5) is 24.7. The molecule has 1 rings (SSSR count). The summed E-state index contributed by atoms with van der Waals surface area (Å²) in [7, 11) is 0. The van der Waals surface area contributed by atoms with Crippen LogP contribution >= 0.6 is 22.6 Å². The van der Waals surface area contributed by atoms with Gasteiger partial charge in [-0.1, -0.05) is 27.7 Å². The van der Waals surface area contributed by atoms with Gasteiger partial charge >= 0.3 is 11.9 Å². The van der Waals surface area contributed by atoms with Gasteiger partial charge in [0.05, 0.1) is 9.97 Å². The molecule has 0 aromatic carbocycles. The number of halogens is 1. The number of azide groups is 1. The Hall–Kier alpha value is -1.10. The van der Waals surface area contributed by atoms with Crippen molar-refractivity contribution in [2.75, 3.05) is 6.61 Å². The Bertz CT molecular complexity index is 427. The number of ether oxygens (including phenoxy) is 3. The third-order valence-electron chi connectivity index (χ3n) is 2.55. The lowest BCUT2D eigenvalue weighted by molar-refractivity contribution is -0.220. The summed E-state index contributed by atoms with van der Waals surface area (Å²) in [5, 5.41) is 13.3. The zero-order valence-electron chi connectivity index (χ0n) is 10.8. The summed E-state index contributed by atoms with van der Waals surface area (Å²) in [6.07, 6.45) is -3.06. The predicted molar refractivity (Wildman–Crippen MR) is 73.8 cm³/mol. The molecule has 0 bridgehead atoms. The highest BCUT2D eigenvalue weighted by Crippen LogP contribution is 2.30. The van der Waals surface area contributed by atoms with Crippen LogP contribution in [0.4, 0.5) is 0 Å². The molecule has 10 heteroatoms. The minimum atomic E-state index is -1.22. The maximum atomic E-state index is 11.1. The number of aliphatic hydroxyl groups excluding tert-OH is 1. The summed E-state index contributed by atoms with van der Waals surface area (Å²) in [6, 6.07) is -0.825. The van der Waals surface area contributed by atoms with Gasteiger partial charge in [0.1, 0.15) is 18.8 Å². The Labute approximate surface area is 128 Å². The third-order valence-corrected chi connectivity index (χ3v) is 3.91. The van der Waals surface area contributed by atoms with Crippen LogP contribution in [-0.4, -0.2) is 52.1 Å². The summed E-state index contributed by atoms with van der Waals surface area (Å²) < 4.78 is 14.5. The second-order valence-electron chi connectivity index (χ2n) is 4.08. The molecule has 0 radical (unpaired) electrons. The largest absolute Gasteiger partial charge is 0.463 e. The molecule has 1 fully saturated rings. The lowest BCUT2D eigenvalue weighted by atomic mass is 9.99. The zero-order valence-corrected chi connectivity index (χ0v) is 13.0. The van der Waals surface area contributed by atoms with E-state index in [4.69, 9.17) is 19.7 Å². The first kappa shape index (κ1) is 17.0. The number of hydrogen-bond donors (Lipinski definition) is 1. The molecule has 112 valence electrons.